The molecule has 0 aromatic carbocycles. The van der Waals surface area contributed by atoms with Gasteiger partial charge in [-0.05, 0) is 119 Å². The number of allylic oxidation sites excluding steroid dienone is 6. The third kappa shape index (κ3) is 17.4. The number of carbonyl (C=O) groups is 6. The average molecular weight is 1130 g/mol. The Kier molecular flexibility index (Phi) is 25.6. The highest BCUT2D eigenvalue weighted by atomic mass is 79.9. The Morgan fingerprint density at radius 2 is 1.57 bits per heavy atom. The van der Waals surface area contributed by atoms with E-state index in [4.69, 9.17) is 28.4 Å². The van der Waals surface area contributed by atoms with Crippen LogP contribution in [0.1, 0.15) is 131 Å². The number of ether oxygens (including phenoxy) is 6. The van der Waals surface area contributed by atoms with Crippen molar-refractivity contribution in [3.8, 4) is 0 Å². The number of hydrogen-bond acceptors (Lipinski definition) is 14. The van der Waals surface area contributed by atoms with Crippen LogP contribution in [-0.4, -0.2) is 133 Å². The normalized spacial score (nSPS) is 36.0. The molecule has 3 fully saturated rings. The zero-order chi connectivity index (χ0) is 55.1. The van der Waals surface area contributed by atoms with Crippen molar-refractivity contribution in [2.45, 2.75) is 194 Å². The maximum absolute atomic E-state index is 14.6. The number of fused-ring (bicyclic) bond motifs is 3. The van der Waals surface area contributed by atoms with Gasteiger partial charge in [-0.3, -0.25) is 19.2 Å². The molecule has 3 aliphatic heterocycles. The summed E-state index contributed by atoms with van der Waals surface area (Å²) in [5, 5.41) is 22.6. The summed E-state index contributed by atoms with van der Waals surface area (Å²) in [6.45, 7) is 14.6. The lowest BCUT2D eigenvalue weighted by molar-refractivity contribution is -0.686. The fraction of sp³-hybridized carbons (Fsp3) is 0.678. The molecule has 1 amide bonds. The van der Waals surface area contributed by atoms with Gasteiger partial charge in [0.2, 0.25) is 12.3 Å². The van der Waals surface area contributed by atoms with E-state index < -0.39 is 89.8 Å². The van der Waals surface area contributed by atoms with Gasteiger partial charge in [-0.15, -0.1) is 0 Å². The molecule has 2 N–H and O–H groups in total. The predicted octanol–water partition coefficient (Wildman–Crippen LogP) is 4.03. The Balaban J connectivity index is 0.0000125. The number of cyclic esters (lactones) is 1. The number of rotatable bonds is 9. The number of halogens is 1. The molecular weight excluding hydrogens is 1040 g/mol. The van der Waals surface area contributed by atoms with Gasteiger partial charge in [-0.25, -0.2) is 9.59 Å². The molecule has 424 valence electrons. The summed E-state index contributed by atoms with van der Waals surface area (Å²) in [4.78, 5) is 87.2. The van der Waals surface area contributed by atoms with Crippen molar-refractivity contribution in [2.75, 3.05) is 27.9 Å². The number of piperidine rings is 1. The number of nitrogens with zero attached hydrogens (tertiary/aromatic N) is 2. The molecule has 1 saturated carbocycles. The lowest BCUT2D eigenvalue weighted by atomic mass is 9.78. The molecule has 4 aliphatic rings. The highest BCUT2D eigenvalue weighted by Gasteiger charge is 2.53. The molecule has 1 aliphatic carbocycles. The van der Waals surface area contributed by atoms with Gasteiger partial charge < -0.3 is 60.5 Å². The minimum Gasteiger partial charge on any atom is -1.00 e. The molecule has 17 heteroatoms. The summed E-state index contributed by atoms with van der Waals surface area (Å²) in [5.41, 5.74) is 2.30. The summed E-state index contributed by atoms with van der Waals surface area (Å²) in [7, 11) is 4.54. The number of methoxy groups -OCH3 is 3. The van der Waals surface area contributed by atoms with Crippen LogP contribution < -0.4 is 21.5 Å². The molecule has 16 nitrogen and oxygen atoms in total. The van der Waals surface area contributed by atoms with Crippen molar-refractivity contribution < 1.29 is 89.0 Å². The molecule has 0 spiro atoms. The molecule has 0 unspecified atom stereocenters. The quantitative estimate of drug-likeness (QED) is 0.155. The smallest absolute Gasteiger partial charge is 0.373 e. The second-order valence-electron chi connectivity index (χ2n) is 22.1. The number of pyridine rings is 1. The van der Waals surface area contributed by atoms with Gasteiger partial charge in [-0.1, -0.05) is 71.1 Å². The summed E-state index contributed by atoms with van der Waals surface area (Å²) in [6, 6.07) is 2.56. The number of esters is 2. The highest BCUT2D eigenvalue weighted by molar-refractivity contribution is 6.39. The van der Waals surface area contributed by atoms with Crippen LogP contribution in [0.15, 0.2) is 72.1 Å². The second-order valence-corrected chi connectivity index (χ2v) is 22.1. The van der Waals surface area contributed by atoms with E-state index in [0.717, 1.165) is 11.1 Å². The Hall–Kier alpha value is -4.23. The fourth-order valence-electron chi connectivity index (χ4n) is 11.2. The Bertz CT molecular complexity index is 2250. The topological polar surface area (TPSA) is 205 Å². The Morgan fingerprint density at radius 1 is 0.855 bits per heavy atom. The van der Waals surface area contributed by atoms with Crippen LogP contribution in [0.4, 0.5) is 0 Å². The number of carbonyl (C=O) groups excluding carboxylic acids is 6. The molecule has 1 aromatic heterocycles. The summed E-state index contributed by atoms with van der Waals surface area (Å²) < 4.78 is 37.7. The fourth-order valence-corrected chi connectivity index (χ4v) is 11.2. The van der Waals surface area contributed by atoms with Crippen LogP contribution >= 0.6 is 0 Å². The summed E-state index contributed by atoms with van der Waals surface area (Å²) in [6.07, 6.45) is 14.4. The van der Waals surface area contributed by atoms with E-state index in [0.29, 0.717) is 69.8 Å². The number of Topliss-reactive ketones (excluding diaryl/α,β-unsaturated/α-hetero) is 3. The maximum atomic E-state index is 14.6. The van der Waals surface area contributed by atoms with Gasteiger partial charge in [-0.2, -0.15) is 4.57 Å². The van der Waals surface area contributed by atoms with Crippen LogP contribution in [0, 0.1) is 42.4 Å². The minimum atomic E-state index is -2.45. The maximum Gasteiger partial charge on any atom is 0.373 e. The number of aliphatic hydroxyl groups is 2. The number of aromatic nitrogens is 1. The molecule has 2 bridgehead atoms. The van der Waals surface area contributed by atoms with E-state index in [9.17, 15) is 39.0 Å². The first kappa shape index (κ1) is 64.3. The molecule has 1 aromatic rings. The van der Waals surface area contributed by atoms with Gasteiger partial charge in [0.25, 0.3) is 11.7 Å². The number of aryl methyl sites for hydroxylation is 1. The second kappa shape index (κ2) is 30.2. The van der Waals surface area contributed by atoms with E-state index >= 15 is 0 Å². The first-order chi connectivity index (χ1) is 35.6. The zero-order valence-corrected chi connectivity index (χ0v) is 48.4. The minimum absolute atomic E-state index is 0. The molecular formula is C59H87BrN2O14. The lowest BCUT2D eigenvalue weighted by Crippen LogP contribution is -3.00. The summed E-state index contributed by atoms with van der Waals surface area (Å²) in [5.74, 6) is -9.00. The van der Waals surface area contributed by atoms with Gasteiger partial charge in [0.1, 0.15) is 17.9 Å². The van der Waals surface area contributed by atoms with Gasteiger partial charge in [0.15, 0.2) is 30.4 Å². The van der Waals surface area contributed by atoms with E-state index in [1.54, 1.807) is 58.0 Å². The van der Waals surface area contributed by atoms with Gasteiger partial charge in [0.05, 0.1) is 24.4 Å². The Morgan fingerprint density at radius 3 is 2.24 bits per heavy atom. The third-order valence-corrected chi connectivity index (χ3v) is 16.1. The van der Waals surface area contributed by atoms with E-state index in [1.165, 1.54) is 12.0 Å². The van der Waals surface area contributed by atoms with Crippen molar-refractivity contribution in [2.24, 2.45) is 35.5 Å². The molecule has 76 heavy (non-hydrogen) atoms. The standard InChI is InChI=1S/C59H87N2O14.BrH/c1-36-24-27-60(28-25-36)35-52(64)74-54-42(7)30-39(4)48(63)34-50(40(5)31-44-21-23-47(62)51(32-44)71-10)73-58(68)46-19-15-16-26-61(46)57(67)56(66)59(69)43(8)20-22-45(75-59)33-49(70-9)38(3)18-14-12-13-17-37(2)29-41(6)53(65)55(54)72-11;/h12-14,17-18,24-25,27-28,30,37,39-41,43-47,49-51,54-55,62,69H,15-16,19-23,26,29,31-35H2,1-11H3;1H/q+1;/p-1/b14-12+,17-13+,38-18+,42-30+;/t37-,39-,40-,41-,43-,44+,45+,46+,47-,49+,50+,51-,54-,55+,59-;/m1./s1. The van der Waals surface area contributed by atoms with Crippen LogP contribution in [-0.2, 0) is 63.7 Å². The van der Waals surface area contributed by atoms with E-state index in [2.05, 4.69) is 0 Å². The summed E-state index contributed by atoms with van der Waals surface area (Å²) >= 11 is 0. The number of amides is 1. The van der Waals surface area contributed by atoms with E-state index in [1.807, 2.05) is 77.1 Å². The van der Waals surface area contributed by atoms with Crippen LogP contribution in [0.2, 0.25) is 0 Å². The number of ketones is 3. The van der Waals surface area contributed by atoms with Crippen molar-refractivity contribution >= 4 is 35.2 Å². The van der Waals surface area contributed by atoms with Crippen LogP contribution in [0.5, 0.6) is 0 Å². The third-order valence-electron chi connectivity index (χ3n) is 16.1. The number of aliphatic hydroxyl groups excluding tert-OH is 1. The van der Waals surface area contributed by atoms with Gasteiger partial charge in [0, 0.05) is 70.6 Å². The van der Waals surface area contributed by atoms with Gasteiger partial charge >= 0.3 is 11.9 Å². The first-order valence-corrected chi connectivity index (χ1v) is 27.2. The van der Waals surface area contributed by atoms with Crippen molar-refractivity contribution in [1.82, 2.24) is 4.90 Å². The first-order valence-electron chi connectivity index (χ1n) is 27.2. The predicted molar refractivity (Wildman–Crippen MR) is 280 cm³/mol. The number of hydrogen-bond donors (Lipinski definition) is 2. The van der Waals surface area contributed by atoms with Crippen LogP contribution in [0.3, 0.4) is 0 Å². The van der Waals surface area contributed by atoms with Crippen molar-refractivity contribution in [3.05, 3.63) is 77.7 Å². The molecule has 0 radical (unpaired) electrons. The van der Waals surface area contributed by atoms with Crippen molar-refractivity contribution in [1.29, 1.82) is 0 Å². The van der Waals surface area contributed by atoms with E-state index in [-0.39, 0.29) is 78.3 Å². The molecule has 15 atom stereocenters. The largest absolute Gasteiger partial charge is 1.00 e. The molecule has 5 rings (SSSR count). The van der Waals surface area contributed by atoms with Crippen LogP contribution in [0.25, 0.3) is 0 Å². The Labute approximate surface area is 461 Å². The average Bonchev–Trinajstić information content (AvgIpc) is 3.38. The zero-order valence-electron chi connectivity index (χ0n) is 46.8. The monoisotopic (exact) mass is 1130 g/mol. The molecule has 4 heterocycles. The van der Waals surface area contributed by atoms with Crippen molar-refractivity contribution in [3.63, 3.8) is 0 Å². The lowest BCUT2D eigenvalue weighted by Gasteiger charge is -2.42. The SMILES string of the molecule is CO[C@H]1C[C@@H]2CC[C@@H](C)[C@@](O)(O2)C(=O)C(=O)N2CCCC[C@H]2C(=O)O[C@H]([C@H](C)C[C@@H]2CC[C@@H](O)[C@H](OC)C2)CC(=O)[C@H](C)/C=C(\C)[C@@H](OC(=O)C[n+]2ccc(C)cc2)[C@@H](OC)C(=O)[C@H](C)C[C@H](C)/C=C/C=C/C=C/1C.[Br-]. The molecule has 2 saturated heterocycles. The highest BCUT2D eigenvalue weighted by Crippen LogP contribution is 2.38.